The molecule has 0 saturated heterocycles. The van der Waals surface area contributed by atoms with E-state index in [0.29, 0.717) is 5.82 Å². The van der Waals surface area contributed by atoms with Crippen molar-refractivity contribution in [3.8, 4) is 5.88 Å². The summed E-state index contributed by atoms with van der Waals surface area (Å²) in [6.45, 7) is 0.0726. The van der Waals surface area contributed by atoms with Crippen LogP contribution in [0, 0.1) is 11.6 Å². The van der Waals surface area contributed by atoms with E-state index >= 15 is 0 Å². The number of ether oxygens (including phenoxy) is 1. The Hall–Kier alpha value is -2.44. The summed E-state index contributed by atoms with van der Waals surface area (Å²) in [6, 6.07) is 4.75. The number of nitrogens with zero attached hydrogens (tertiary/aromatic N) is 2. The van der Waals surface area contributed by atoms with Gasteiger partial charge in [-0.25, -0.2) is 8.78 Å². The fourth-order valence-electron chi connectivity index (χ4n) is 1.50. The number of benzene rings is 1. The summed E-state index contributed by atoms with van der Waals surface area (Å²) >= 11 is 0. The van der Waals surface area contributed by atoms with Gasteiger partial charge in [0.25, 0.3) is 0 Å². The van der Waals surface area contributed by atoms with E-state index in [1.807, 2.05) is 0 Å². The molecule has 1 heterocycles. The van der Waals surface area contributed by atoms with E-state index in [-0.39, 0.29) is 23.9 Å². The van der Waals surface area contributed by atoms with Gasteiger partial charge >= 0.3 is 0 Å². The second kappa shape index (κ2) is 5.47. The zero-order chi connectivity index (χ0) is 13.8. The summed E-state index contributed by atoms with van der Waals surface area (Å²) in [5.41, 5.74) is 5.67. The summed E-state index contributed by atoms with van der Waals surface area (Å²) in [5.74, 6) is -0.315. The Labute approximate surface area is 108 Å². The largest absolute Gasteiger partial charge is 0.481 e. The Morgan fingerprint density at radius 2 is 2.05 bits per heavy atom. The minimum atomic E-state index is -0.502. The van der Waals surface area contributed by atoms with Gasteiger partial charge in [-0.3, -0.25) is 0 Å². The number of hydrogen-bond donors (Lipinski definition) is 2. The molecule has 5 nitrogen and oxygen atoms in total. The van der Waals surface area contributed by atoms with Crippen LogP contribution in [0.4, 0.5) is 20.5 Å². The highest BCUT2D eigenvalue weighted by atomic mass is 19.1. The molecule has 0 amide bonds. The Bertz CT molecular complexity index is 592. The van der Waals surface area contributed by atoms with Gasteiger partial charge in [0.2, 0.25) is 11.8 Å². The third-order valence-corrected chi connectivity index (χ3v) is 2.40. The SMILES string of the molecule is COc1cc(NCc2cc(F)ccc2F)nc(N)n1. The van der Waals surface area contributed by atoms with E-state index in [2.05, 4.69) is 15.3 Å². The molecule has 100 valence electrons. The molecule has 2 rings (SSSR count). The van der Waals surface area contributed by atoms with Crippen LogP contribution in [0.1, 0.15) is 5.56 Å². The van der Waals surface area contributed by atoms with Gasteiger partial charge in [-0.05, 0) is 18.2 Å². The number of halogens is 2. The first kappa shape index (κ1) is 13.0. The highest BCUT2D eigenvalue weighted by molar-refractivity contribution is 5.43. The van der Waals surface area contributed by atoms with Crippen molar-refractivity contribution in [1.29, 1.82) is 0 Å². The molecule has 1 aromatic carbocycles. The summed E-state index contributed by atoms with van der Waals surface area (Å²) in [6.07, 6.45) is 0. The molecular weight excluding hydrogens is 254 g/mol. The van der Waals surface area contributed by atoms with Gasteiger partial charge in [0.05, 0.1) is 7.11 Å². The Morgan fingerprint density at radius 1 is 1.26 bits per heavy atom. The molecule has 19 heavy (non-hydrogen) atoms. The molecule has 7 heteroatoms. The van der Waals surface area contributed by atoms with E-state index < -0.39 is 11.6 Å². The maximum Gasteiger partial charge on any atom is 0.225 e. The topological polar surface area (TPSA) is 73.1 Å². The summed E-state index contributed by atoms with van der Waals surface area (Å²) in [5, 5.41) is 2.83. The highest BCUT2D eigenvalue weighted by Crippen LogP contribution is 2.16. The molecule has 0 bridgehead atoms. The van der Waals surface area contributed by atoms with Gasteiger partial charge in [-0.15, -0.1) is 0 Å². The molecule has 0 saturated carbocycles. The van der Waals surface area contributed by atoms with E-state index in [1.54, 1.807) is 0 Å². The van der Waals surface area contributed by atoms with Crippen molar-refractivity contribution in [3.05, 3.63) is 41.5 Å². The van der Waals surface area contributed by atoms with Gasteiger partial charge < -0.3 is 15.8 Å². The van der Waals surface area contributed by atoms with Crippen LogP contribution in [-0.2, 0) is 6.54 Å². The van der Waals surface area contributed by atoms with Gasteiger partial charge in [-0.1, -0.05) is 0 Å². The lowest BCUT2D eigenvalue weighted by atomic mass is 10.2. The lowest BCUT2D eigenvalue weighted by Gasteiger charge is -2.08. The predicted molar refractivity (Wildman–Crippen MR) is 66.7 cm³/mol. The Balaban J connectivity index is 2.14. The molecule has 0 unspecified atom stereocenters. The normalized spacial score (nSPS) is 10.3. The Kier molecular flexibility index (Phi) is 3.74. The minimum absolute atomic E-state index is 0.0292. The fraction of sp³-hybridized carbons (Fsp3) is 0.167. The third-order valence-electron chi connectivity index (χ3n) is 2.40. The first-order chi connectivity index (χ1) is 9.08. The second-order valence-electron chi connectivity index (χ2n) is 3.74. The molecular formula is C12H12F2N4O. The van der Waals surface area contributed by atoms with E-state index in [0.717, 1.165) is 18.2 Å². The fourth-order valence-corrected chi connectivity index (χ4v) is 1.50. The van der Waals surface area contributed by atoms with Crippen molar-refractivity contribution >= 4 is 11.8 Å². The molecule has 0 atom stereocenters. The van der Waals surface area contributed by atoms with Gasteiger partial charge in [0, 0.05) is 18.2 Å². The van der Waals surface area contributed by atoms with Gasteiger partial charge in [0.1, 0.15) is 17.5 Å². The van der Waals surface area contributed by atoms with Crippen molar-refractivity contribution in [1.82, 2.24) is 9.97 Å². The first-order valence-corrected chi connectivity index (χ1v) is 5.45. The second-order valence-corrected chi connectivity index (χ2v) is 3.74. The zero-order valence-electron chi connectivity index (χ0n) is 10.2. The number of hydrogen-bond acceptors (Lipinski definition) is 5. The highest BCUT2D eigenvalue weighted by Gasteiger charge is 2.06. The smallest absolute Gasteiger partial charge is 0.225 e. The average Bonchev–Trinajstić information content (AvgIpc) is 2.39. The third kappa shape index (κ3) is 3.27. The molecule has 2 aromatic rings. The number of nitrogens with two attached hydrogens (primary N) is 1. The van der Waals surface area contributed by atoms with Crippen LogP contribution >= 0.6 is 0 Å². The number of methoxy groups -OCH3 is 1. The molecule has 0 aliphatic heterocycles. The monoisotopic (exact) mass is 266 g/mol. The quantitative estimate of drug-likeness (QED) is 0.885. The lowest BCUT2D eigenvalue weighted by Crippen LogP contribution is -2.06. The van der Waals surface area contributed by atoms with Crippen molar-refractivity contribution in [2.45, 2.75) is 6.54 Å². The molecule has 0 radical (unpaired) electrons. The summed E-state index contributed by atoms with van der Waals surface area (Å²) < 4.78 is 31.3. The molecule has 0 fully saturated rings. The van der Waals surface area contributed by atoms with Crippen LogP contribution in [0.5, 0.6) is 5.88 Å². The van der Waals surface area contributed by atoms with Crippen LogP contribution < -0.4 is 15.8 Å². The van der Waals surface area contributed by atoms with Crippen molar-refractivity contribution < 1.29 is 13.5 Å². The first-order valence-electron chi connectivity index (χ1n) is 5.45. The van der Waals surface area contributed by atoms with E-state index in [4.69, 9.17) is 10.5 Å². The minimum Gasteiger partial charge on any atom is -0.481 e. The number of rotatable bonds is 4. The van der Waals surface area contributed by atoms with Gasteiger partial charge in [0.15, 0.2) is 0 Å². The maximum atomic E-state index is 13.4. The number of aromatic nitrogens is 2. The van der Waals surface area contributed by atoms with Crippen LogP contribution in [0.25, 0.3) is 0 Å². The van der Waals surface area contributed by atoms with Crippen LogP contribution in [0.3, 0.4) is 0 Å². The lowest BCUT2D eigenvalue weighted by molar-refractivity contribution is 0.398. The van der Waals surface area contributed by atoms with Crippen LogP contribution in [0.15, 0.2) is 24.3 Å². The zero-order valence-corrected chi connectivity index (χ0v) is 10.2. The predicted octanol–water partition coefficient (Wildman–Crippen LogP) is 1.96. The number of anilines is 2. The maximum absolute atomic E-state index is 13.4. The molecule has 1 aromatic heterocycles. The molecule has 0 aliphatic rings. The van der Waals surface area contributed by atoms with E-state index in [9.17, 15) is 8.78 Å². The van der Waals surface area contributed by atoms with Crippen molar-refractivity contribution in [3.63, 3.8) is 0 Å². The number of nitrogens with one attached hydrogen (secondary N) is 1. The molecule has 0 aliphatic carbocycles. The van der Waals surface area contributed by atoms with Gasteiger partial charge in [-0.2, -0.15) is 9.97 Å². The standard InChI is InChI=1S/C12H12F2N4O/c1-19-11-5-10(17-12(15)18-11)16-6-7-4-8(13)2-3-9(7)14/h2-5H,6H2,1H3,(H3,15,16,17,18). The summed E-state index contributed by atoms with van der Waals surface area (Å²) in [4.78, 5) is 7.72. The van der Waals surface area contributed by atoms with Crippen molar-refractivity contribution in [2.24, 2.45) is 0 Å². The van der Waals surface area contributed by atoms with E-state index in [1.165, 1.54) is 13.2 Å². The molecule has 3 N–H and O–H groups in total. The van der Waals surface area contributed by atoms with Crippen LogP contribution in [-0.4, -0.2) is 17.1 Å². The molecule has 0 spiro atoms. The summed E-state index contributed by atoms with van der Waals surface area (Å²) in [7, 11) is 1.44. The average molecular weight is 266 g/mol. The van der Waals surface area contributed by atoms with Crippen LogP contribution in [0.2, 0.25) is 0 Å². The van der Waals surface area contributed by atoms with Crippen molar-refractivity contribution in [2.75, 3.05) is 18.2 Å². The Morgan fingerprint density at radius 3 is 2.79 bits per heavy atom. The number of nitrogen functional groups attached to an aromatic ring is 1.